The molecule has 0 aliphatic rings. The van der Waals surface area contributed by atoms with Crippen molar-refractivity contribution in [2.75, 3.05) is 20.5 Å². The average Bonchev–Trinajstić information content (AvgIpc) is 3.36. The van der Waals surface area contributed by atoms with E-state index in [0.29, 0.717) is 37.2 Å². The summed E-state index contributed by atoms with van der Waals surface area (Å²) in [6.45, 7) is 10.7. The van der Waals surface area contributed by atoms with E-state index < -0.39 is 5.60 Å². The Kier molecular flexibility index (Phi) is 8.89. The summed E-state index contributed by atoms with van der Waals surface area (Å²) in [5, 5.41) is 13.8. The summed E-state index contributed by atoms with van der Waals surface area (Å²) in [4.78, 5) is 4.68. The van der Waals surface area contributed by atoms with Crippen molar-refractivity contribution in [3.63, 3.8) is 0 Å². The van der Waals surface area contributed by atoms with Crippen LogP contribution >= 0.6 is 0 Å². The van der Waals surface area contributed by atoms with E-state index in [1.807, 2.05) is 43.3 Å². The number of aryl methyl sites for hydroxylation is 2. The minimum Gasteiger partial charge on any atom is -0.489 e. The Hall–Kier alpha value is -3.88. The third-order valence-electron chi connectivity index (χ3n) is 6.40. The standard InChI is InChI=1S/C31H36N2O6/c1-20-16-28(36-15-14-31(4,5)34)32-22(3)30(20)26-9-7-8-24(21(26)2)18-37-25-12-10-23(11-13-25)27-17-29(33-39-27)38-19-35-6/h7-13,16-17,34H,14-15,18-19H2,1-6H3. The lowest BCUT2D eigenvalue weighted by molar-refractivity contribution is 0.0453. The third-order valence-corrected chi connectivity index (χ3v) is 6.40. The molecular weight excluding hydrogens is 496 g/mol. The number of pyridine rings is 1. The molecule has 4 aromatic rings. The molecule has 206 valence electrons. The number of methoxy groups -OCH3 is 1. The molecule has 0 bridgehead atoms. The Labute approximate surface area is 229 Å². The summed E-state index contributed by atoms with van der Waals surface area (Å²) in [6, 6.07) is 17.6. The van der Waals surface area contributed by atoms with Crippen molar-refractivity contribution in [3.8, 4) is 40.0 Å². The molecule has 0 atom stereocenters. The molecule has 8 nitrogen and oxygen atoms in total. The van der Waals surface area contributed by atoms with Crippen LogP contribution in [0.1, 0.15) is 42.7 Å². The van der Waals surface area contributed by atoms with Crippen LogP contribution in [0.2, 0.25) is 0 Å². The van der Waals surface area contributed by atoms with Gasteiger partial charge in [0.25, 0.3) is 5.88 Å². The van der Waals surface area contributed by atoms with Gasteiger partial charge in [0.2, 0.25) is 5.88 Å². The van der Waals surface area contributed by atoms with Crippen LogP contribution in [0.4, 0.5) is 0 Å². The van der Waals surface area contributed by atoms with Crippen molar-refractivity contribution in [2.45, 2.75) is 53.2 Å². The SMILES string of the molecule is COCOc1cc(-c2ccc(OCc3cccc(-c4c(C)cc(OCCC(C)(C)O)nc4C)c3C)cc2)on1. The van der Waals surface area contributed by atoms with Crippen LogP contribution in [0.15, 0.2) is 59.1 Å². The minimum absolute atomic E-state index is 0.110. The number of rotatable bonds is 12. The Morgan fingerprint density at radius 1 is 0.923 bits per heavy atom. The molecule has 39 heavy (non-hydrogen) atoms. The Balaban J connectivity index is 1.44. The second-order valence-corrected chi connectivity index (χ2v) is 10.1. The van der Waals surface area contributed by atoms with Crippen LogP contribution in [-0.2, 0) is 11.3 Å². The normalized spacial score (nSPS) is 11.5. The highest BCUT2D eigenvalue weighted by Crippen LogP contribution is 2.33. The highest BCUT2D eigenvalue weighted by atomic mass is 16.7. The first-order chi connectivity index (χ1) is 18.6. The molecule has 0 aliphatic carbocycles. The van der Waals surface area contributed by atoms with E-state index in [1.165, 1.54) is 0 Å². The molecule has 0 radical (unpaired) electrons. The number of hydrogen-bond acceptors (Lipinski definition) is 8. The summed E-state index contributed by atoms with van der Waals surface area (Å²) >= 11 is 0. The molecule has 4 rings (SSSR count). The maximum absolute atomic E-state index is 9.93. The van der Waals surface area contributed by atoms with Gasteiger partial charge in [-0.1, -0.05) is 18.2 Å². The van der Waals surface area contributed by atoms with E-state index in [4.69, 9.17) is 23.5 Å². The Morgan fingerprint density at radius 2 is 1.69 bits per heavy atom. The van der Waals surface area contributed by atoms with Gasteiger partial charge in [-0.2, -0.15) is 0 Å². The van der Waals surface area contributed by atoms with Gasteiger partial charge in [-0.15, -0.1) is 0 Å². The van der Waals surface area contributed by atoms with E-state index >= 15 is 0 Å². The van der Waals surface area contributed by atoms with Gasteiger partial charge < -0.3 is 28.6 Å². The van der Waals surface area contributed by atoms with Gasteiger partial charge in [0.15, 0.2) is 12.6 Å². The van der Waals surface area contributed by atoms with Crippen molar-refractivity contribution in [2.24, 2.45) is 0 Å². The molecule has 2 aromatic carbocycles. The van der Waals surface area contributed by atoms with Crippen LogP contribution in [0.3, 0.4) is 0 Å². The number of benzene rings is 2. The van der Waals surface area contributed by atoms with Gasteiger partial charge in [0, 0.05) is 42.5 Å². The molecule has 1 N–H and O–H groups in total. The van der Waals surface area contributed by atoms with E-state index in [9.17, 15) is 5.11 Å². The lowest BCUT2D eigenvalue weighted by atomic mass is 9.93. The van der Waals surface area contributed by atoms with Gasteiger partial charge >= 0.3 is 0 Å². The zero-order chi connectivity index (χ0) is 28.0. The first-order valence-electron chi connectivity index (χ1n) is 12.9. The lowest BCUT2D eigenvalue weighted by Crippen LogP contribution is -2.22. The fraction of sp³-hybridized carbons (Fsp3) is 0.355. The van der Waals surface area contributed by atoms with Crippen LogP contribution in [0, 0.1) is 20.8 Å². The van der Waals surface area contributed by atoms with Crippen LogP contribution in [0.25, 0.3) is 22.5 Å². The summed E-state index contributed by atoms with van der Waals surface area (Å²) in [7, 11) is 1.55. The van der Waals surface area contributed by atoms with Crippen molar-refractivity contribution in [1.82, 2.24) is 10.1 Å². The van der Waals surface area contributed by atoms with Gasteiger partial charge in [-0.3, -0.25) is 0 Å². The molecule has 8 heteroatoms. The topological polar surface area (TPSA) is 96.1 Å². The van der Waals surface area contributed by atoms with Gasteiger partial charge in [-0.05, 0) is 86.3 Å². The number of aromatic nitrogens is 2. The lowest BCUT2D eigenvalue weighted by Gasteiger charge is -2.19. The summed E-state index contributed by atoms with van der Waals surface area (Å²) in [6.07, 6.45) is 0.531. The molecule has 0 unspecified atom stereocenters. The predicted molar refractivity (Wildman–Crippen MR) is 149 cm³/mol. The number of aliphatic hydroxyl groups is 1. The Bertz CT molecular complexity index is 1370. The summed E-state index contributed by atoms with van der Waals surface area (Å²) in [5.74, 6) is 2.29. The largest absolute Gasteiger partial charge is 0.489 e. The van der Waals surface area contributed by atoms with Crippen molar-refractivity contribution < 1.29 is 28.6 Å². The Morgan fingerprint density at radius 3 is 2.38 bits per heavy atom. The maximum atomic E-state index is 9.93. The fourth-order valence-corrected chi connectivity index (χ4v) is 4.25. The zero-order valence-corrected chi connectivity index (χ0v) is 23.4. The van der Waals surface area contributed by atoms with Crippen LogP contribution < -0.4 is 14.2 Å². The predicted octanol–water partition coefficient (Wildman–Crippen LogP) is 6.43. The molecule has 2 aromatic heterocycles. The highest BCUT2D eigenvalue weighted by molar-refractivity contribution is 5.74. The quantitative estimate of drug-likeness (QED) is 0.209. The maximum Gasteiger partial charge on any atom is 0.256 e. The van der Waals surface area contributed by atoms with Crippen molar-refractivity contribution in [1.29, 1.82) is 0 Å². The van der Waals surface area contributed by atoms with Gasteiger partial charge in [0.05, 0.1) is 12.2 Å². The summed E-state index contributed by atoms with van der Waals surface area (Å²) < 4.78 is 27.5. The van der Waals surface area contributed by atoms with Crippen LogP contribution in [0.5, 0.6) is 17.5 Å². The molecule has 2 heterocycles. The zero-order valence-electron chi connectivity index (χ0n) is 23.4. The minimum atomic E-state index is -0.772. The monoisotopic (exact) mass is 532 g/mol. The first-order valence-corrected chi connectivity index (χ1v) is 12.9. The highest BCUT2D eigenvalue weighted by Gasteiger charge is 2.16. The third kappa shape index (κ3) is 7.37. The summed E-state index contributed by atoms with van der Waals surface area (Å²) in [5.41, 5.74) is 6.52. The molecule has 0 saturated heterocycles. The van der Waals surface area contributed by atoms with E-state index in [-0.39, 0.29) is 6.79 Å². The first kappa shape index (κ1) is 28.1. The van der Waals surface area contributed by atoms with Crippen LogP contribution in [-0.4, -0.2) is 41.4 Å². The molecule has 0 spiro atoms. The van der Waals surface area contributed by atoms with Crippen molar-refractivity contribution >= 4 is 0 Å². The van der Waals surface area contributed by atoms with Gasteiger partial charge in [-0.25, -0.2) is 4.98 Å². The smallest absolute Gasteiger partial charge is 0.256 e. The molecule has 0 aliphatic heterocycles. The molecular formula is C31H36N2O6. The molecule has 0 saturated carbocycles. The molecule has 0 fully saturated rings. The second kappa shape index (κ2) is 12.3. The number of ether oxygens (including phenoxy) is 4. The number of nitrogens with zero attached hydrogens (tertiary/aromatic N) is 2. The van der Waals surface area contributed by atoms with E-state index in [0.717, 1.165) is 44.8 Å². The molecule has 0 amide bonds. The fourth-order valence-electron chi connectivity index (χ4n) is 4.25. The van der Waals surface area contributed by atoms with Gasteiger partial charge in [0.1, 0.15) is 12.4 Å². The van der Waals surface area contributed by atoms with E-state index in [2.05, 4.69) is 36.1 Å². The second-order valence-electron chi connectivity index (χ2n) is 10.1. The number of hydrogen-bond donors (Lipinski definition) is 1. The van der Waals surface area contributed by atoms with Crippen molar-refractivity contribution in [3.05, 3.63) is 77.0 Å². The average molecular weight is 533 g/mol. The van der Waals surface area contributed by atoms with E-state index in [1.54, 1.807) is 27.0 Å².